The van der Waals surface area contributed by atoms with Gasteiger partial charge in [-0.3, -0.25) is 9.69 Å². The summed E-state index contributed by atoms with van der Waals surface area (Å²) in [5.74, 6) is 1.81. The molecule has 2 atom stereocenters. The fourth-order valence-electron chi connectivity index (χ4n) is 5.33. The maximum absolute atomic E-state index is 13.2. The highest BCUT2D eigenvalue weighted by molar-refractivity contribution is 5.82. The van der Waals surface area contributed by atoms with Crippen LogP contribution in [0.15, 0.2) is 54.6 Å². The summed E-state index contributed by atoms with van der Waals surface area (Å²) in [6.45, 7) is 3.51. The first-order chi connectivity index (χ1) is 16.2. The van der Waals surface area contributed by atoms with Crippen molar-refractivity contribution in [2.24, 2.45) is 5.92 Å². The quantitative estimate of drug-likeness (QED) is 0.572. The largest absolute Gasteiger partial charge is 0.497 e. The third-order valence-electron chi connectivity index (χ3n) is 7.23. The lowest BCUT2D eigenvalue weighted by Gasteiger charge is -2.30. The number of ether oxygens (including phenoxy) is 1. The van der Waals surface area contributed by atoms with Gasteiger partial charge in [0.05, 0.1) is 13.2 Å². The lowest BCUT2D eigenvalue weighted by molar-refractivity contribution is -0.125. The minimum absolute atomic E-state index is 0.0314. The highest BCUT2D eigenvalue weighted by Crippen LogP contribution is 2.28. The van der Waals surface area contributed by atoms with Crippen molar-refractivity contribution < 1.29 is 9.53 Å². The van der Waals surface area contributed by atoms with Gasteiger partial charge in [-0.1, -0.05) is 61.7 Å². The van der Waals surface area contributed by atoms with Gasteiger partial charge in [0, 0.05) is 32.2 Å². The predicted octanol–water partition coefficient (Wildman–Crippen LogP) is 4.17. The maximum Gasteiger partial charge on any atom is 0.237 e. The van der Waals surface area contributed by atoms with Gasteiger partial charge in [-0.05, 0) is 54.9 Å². The van der Waals surface area contributed by atoms with E-state index in [1.54, 1.807) is 7.11 Å². The molecule has 0 radical (unpaired) electrons. The van der Waals surface area contributed by atoms with Gasteiger partial charge in [0.15, 0.2) is 0 Å². The van der Waals surface area contributed by atoms with Crippen LogP contribution in [0.4, 0.5) is 0 Å². The van der Waals surface area contributed by atoms with Gasteiger partial charge in [-0.2, -0.15) is 0 Å². The first kappa shape index (κ1) is 23.8. The molecule has 0 spiro atoms. The number of methoxy groups -OCH3 is 1. The molecule has 5 nitrogen and oxygen atoms in total. The van der Waals surface area contributed by atoms with E-state index in [1.165, 1.54) is 43.2 Å². The molecule has 178 valence electrons. The molecule has 0 aromatic heterocycles. The standard InChI is InChI=1S/C28H39N3O2/c1-33-26-14-12-23(13-15-26)19-30-25-18-27(31(21-25)20-24-10-6-3-7-11-24)28(32)29-17-16-22-8-4-2-5-9-22/h2,4-5,8-9,12-15,24-25,27,30H,3,6-7,10-11,16-21H2,1H3,(H,29,32)/t25-,27-/m0/s1. The molecule has 2 aromatic rings. The van der Waals surface area contributed by atoms with Gasteiger partial charge in [-0.15, -0.1) is 0 Å². The van der Waals surface area contributed by atoms with E-state index in [9.17, 15) is 4.79 Å². The highest BCUT2D eigenvalue weighted by Gasteiger charge is 2.37. The fourth-order valence-corrected chi connectivity index (χ4v) is 5.33. The lowest BCUT2D eigenvalue weighted by atomic mass is 9.89. The Kier molecular flexibility index (Phi) is 8.79. The molecular weight excluding hydrogens is 410 g/mol. The number of nitrogens with zero attached hydrogens (tertiary/aromatic N) is 1. The number of amides is 1. The molecule has 0 unspecified atom stereocenters. The van der Waals surface area contributed by atoms with E-state index in [0.29, 0.717) is 12.6 Å². The van der Waals surface area contributed by atoms with Crippen molar-refractivity contribution in [2.75, 3.05) is 26.7 Å². The van der Waals surface area contributed by atoms with E-state index in [2.05, 4.69) is 51.9 Å². The molecule has 5 heteroatoms. The maximum atomic E-state index is 13.2. The van der Waals surface area contributed by atoms with E-state index in [4.69, 9.17) is 4.74 Å². The summed E-state index contributed by atoms with van der Waals surface area (Å²) in [5.41, 5.74) is 2.51. The first-order valence-electron chi connectivity index (χ1n) is 12.6. The zero-order chi connectivity index (χ0) is 22.9. The molecule has 1 saturated carbocycles. The number of hydrogen-bond donors (Lipinski definition) is 2. The smallest absolute Gasteiger partial charge is 0.237 e. The number of rotatable bonds is 10. The molecule has 2 N–H and O–H groups in total. The molecule has 2 aliphatic rings. The molecule has 1 heterocycles. The number of nitrogens with one attached hydrogen (secondary N) is 2. The Bertz CT molecular complexity index is 849. The van der Waals surface area contributed by atoms with Crippen LogP contribution in [0.5, 0.6) is 5.75 Å². The molecule has 1 saturated heterocycles. The number of carbonyl (C=O) groups excluding carboxylic acids is 1. The van der Waals surface area contributed by atoms with Crippen LogP contribution in [-0.2, 0) is 17.8 Å². The van der Waals surface area contributed by atoms with Crippen LogP contribution < -0.4 is 15.4 Å². The molecule has 4 rings (SSSR count). The van der Waals surface area contributed by atoms with E-state index in [-0.39, 0.29) is 11.9 Å². The number of carbonyl (C=O) groups is 1. The molecule has 0 bridgehead atoms. The third-order valence-corrected chi connectivity index (χ3v) is 7.23. The van der Waals surface area contributed by atoms with Crippen molar-refractivity contribution in [3.63, 3.8) is 0 Å². The Morgan fingerprint density at radius 2 is 1.76 bits per heavy atom. The molecule has 1 amide bonds. The Labute approximate surface area is 198 Å². The Morgan fingerprint density at radius 1 is 1.00 bits per heavy atom. The SMILES string of the molecule is COc1ccc(CN[C@H]2C[C@@H](C(=O)NCCc3ccccc3)N(CC3CCCCC3)C2)cc1. The third kappa shape index (κ3) is 7.05. The van der Waals surface area contributed by atoms with E-state index >= 15 is 0 Å². The number of hydrogen-bond acceptors (Lipinski definition) is 4. The summed E-state index contributed by atoms with van der Waals surface area (Å²) in [4.78, 5) is 15.6. The zero-order valence-electron chi connectivity index (χ0n) is 20.0. The molecule has 1 aliphatic carbocycles. The predicted molar refractivity (Wildman–Crippen MR) is 133 cm³/mol. The van der Waals surface area contributed by atoms with Crippen LogP contribution in [-0.4, -0.2) is 49.6 Å². The van der Waals surface area contributed by atoms with Crippen LogP contribution >= 0.6 is 0 Å². The lowest BCUT2D eigenvalue weighted by Crippen LogP contribution is -2.45. The van der Waals surface area contributed by atoms with Crippen LogP contribution in [0.1, 0.15) is 49.7 Å². The van der Waals surface area contributed by atoms with Crippen molar-refractivity contribution in [1.82, 2.24) is 15.5 Å². The molecular formula is C28H39N3O2. The van der Waals surface area contributed by atoms with Crippen molar-refractivity contribution in [3.8, 4) is 5.75 Å². The Balaban J connectivity index is 1.32. The fraction of sp³-hybridized carbons (Fsp3) is 0.536. The minimum atomic E-state index is -0.0314. The van der Waals surface area contributed by atoms with Gasteiger partial charge in [0.25, 0.3) is 0 Å². The molecule has 1 aliphatic heterocycles. The summed E-state index contributed by atoms with van der Waals surface area (Å²) in [7, 11) is 1.69. The van der Waals surface area contributed by atoms with Crippen LogP contribution in [0.25, 0.3) is 0 Å². The Hall–Kier alpha value is -2.37. The van der Waals surface area contributed by atoms with Gasteiger partial charge >= 0.3 is 0 Å². The summed E-state index contributed by atoms with van der Waals surface area (Å²) in [6, 6.07) is 18.9. The van der Waals surface area contributed by atoms with Crippen molar-refractivity contribution in [1.29, 1.82) is 0 Å². The highest BCUT2D eigenvalue weighted by atomic mass is 16.5. The monoisotopic (exact) mass is 449 g/mol. The van der Waals surface area contributed by atoms with Crippen molar-refractivity contribution >= 4 is 5.91 Å². The molecule has 33 heavy (non-hydrogen) atoms. The van der Waals surface area contributed by atoms with Gasteiger partial charge < -0.3 is 15.4 Å². The summed E-state index contributed by atoms with van der Waals surface area (Å²) in [6.07, 6.45) is 8.41. The second-order valence-corrected chi connectivity index (χ2v) is 9.66. The first-order valence-corrected chi connectivity index (χ1v) is 12.6. The second-order valence-electron chi connectivity index (χ2n) is 9.66. The van der Waals surface area contributed by atoms with Crippen molar-refractivity contribution in [3.05, 3.63) is 65.7 Å². The van der Waals surface area contributed by atoms with E-state index in [1.807, 2.05) is 18.2 Å². The average Bonchev–Trinajstić information content (AvgIpc) is 3.27. The van der Waals surface area contributed by atoms with Crippen LogP contribution in [0, 0.1) is 5.92 Å². The van der Waals surface area contributed by atoms with Crippen LogP contribution in [0.3, 0.4) is 0 Å². The van der Waals surface area contributed by atoms with Crippen LogP contribution in [0.2, 0.25) is 0 Å². The van der Waals surface area contributed by atoms with E-state index in [0.717, 1.165) is 44.1 Å². The number of likely N-dealkylation sites (tertiary alicyclic amines) is 1. The average molecular weight is 450 g/mol. The van der Waals surface area contributed by atoms with Gasteiger partial charge in [-0.25, -0.2) is 0 Å². The number of benzene rings is 2. The topological polar surface area (TPSA) is 53.6 Å². The van der Waals surface area contributed by atoms with Gasteiger partial charge in [0.2, 0.25) is 5.91 Å². The van der Waals surface area contributed by atoms with E-state index < -0.39 is 0 Å². The summed E-state index contributed by atoms with van der Waals surface area (Å²) >= 11 is 0. The normalized spacial score (nSPS) is 21.7. The van der Waals surface area contributed by atoms with Gasteiger partial charge in [0.1, 0.15) is 5.75 Å². The summed E-state index contributed by atoms with van der Waals surface area (Å²) < 4.78 is 5.26. The second kappa shape index (κ2) is 12.2. The van der Waals surface area contributed by atoms with Crippen molar-refractivity contribution in [2.45, 2.75) is 63.6 Å². The summed E-state index contributed by atoms with van der Waals surface area (Å²) in [5, 5.41) is 6.93. The minimum Gasteiger partial charge on any atom is -0.497 e. The molecule has 2 fully saturated rings. The zero-order valence-corrected chi connectivity index (χ0v) is 20.0. The molecule has 2 aromatic carbocycles. The Morgan fingerprint density at radius 3 is 2.48 bits per heavy atom.